The molecular formula is C7H9IO3. The van der Waals surface area contributed by atoms with Gasteiger partial charge in [-0.15, -0.1) is 0 Å². The van der Waals surface area contributed by atoms with E-state index in [0.717, 1.165) is 0 Å². The average Bonchev–Trinajstić information content (AvgIpc) is 2.19. The van der Waals surface area contributed by atoms with Crippen LogP contribution in [0.3, 0.4) is 0 Å². The van der Waals surface area contributed by atoms with Crippen LogP contribution in [-0.4, -0.2) is 34.6 Å². The molecule has 1 heterocycles. The summed E-state index contributed by atoms with van der Waals surface area (Å²) in [7, 11) is 0. The first kappa shape index (κ1) is 9.26. The molecule has 0 amide bonds. The molecule has 62 valence electrons. The van der Waals surface area contributed by atoms with Gasteiger partial charge in [-0.25, -0.2) is 0 Å². The van der Waals surface area contributed by atoms with Gasteiger partial charge in [0, 0.05) is 22.6 Å². The second-order valence-corrected chi connectivity index (χ2v) is 3.02. The maximum Gasteiger partial charge on any atom is 0.147 e. The topological polar surface area (TPSA) is 49.7 Å². The summed E-state index contributed by atoms with van der Waals surface area (Å²) in [6.07, 6.45) is -2.53. The van der Waals surface area contributed by atoms with Crippen LogP contribution >= 0.6 is 22.6 Å². The highest BCUT2D eigenvalue weighted by atomic mass is 127. The van der Waals surface area contributed by atoms with E-state index in [4.69, 9.17) is 4.74 Å². The lowest BCUT2D eigenvalue weighted by molar-refractivity contribution is 0.0317. The van der Waals surface area contributed by atoms with Crippen LogP contribution in [0.25, 0.3) is 0 Å². The van der Waals surface area contributed by atoms with Gasteiger partial charge in [-0.1, -0.05) is 5.92 Å². The zero-order valence-electron chi connectivity index (χ0n) is 5.99. The number of aliphatic hydroxyl groups excluding tert-OH is 2. The summed E-state index contributed by atoms with van der Waals surface area (Å²) < 4.78 is 7.75. The summed E-state index contributed by atoms with van der Waals surface area (Å²) in [4.78, 5) is 0. The highest BCUT2D eigenvalue weighted by molar-refractivity contribution is 14.1. The summed E-state index contributed by atoms with van der Waals surface area (Å²) in [5, 5.41) is 18.5. The van der Waals surface area contributed by atoms with Gasteiger partial charge in [-0.05, 0) is 10.9 Å². The Hall–Kier alpha value is 0.170. The second kappa shape index (κ2) is 3.72. The Labute approximate surface area is 78.9 Å². The predicted octanol–water partition coefficient (Wildman–Crippen LogP) is -0.109. The fourth-order valence-corrected chi connectivity index (χ4v) is 1.33. The van der Waals surface area contributed by atoms with Crippen LogP contribution in [0.2, 0.25) is 0 Å². The van der Waals surface area contributed by atoms with Crippen LogP contribution in [0.5, 0.6) is 0 Å². The third-order valence-corrected chi connectivity index (χ3v) is 2.01. The van der Waals surface area contributed by atoms with Crippen molar-refractivity contribution in [1.82, 2.24) is 0 Å². The van der Waals surface area contributed by atoms with Crippen molar-refractivity contribution in [3.63, 3.8) is 0 Å². The largest absolute Gasteiger partial charge is 0.388 e. The first-order chi connectivity index (χ1) is 5.16. The van der Waals surface area contributed by atoms with E-state index in [0.29, 0.717) is 0 Å². The Balaban J connectivity index is 2.64. The Morgan fingerprint density at radius 1 is 1.36 bits per heavy atom. The molecule has 0 aliphatic carbocycles. The SMILES string of the molecule is C[C@@H]1O[C@H](C#CI)[C@H](O)C1O. The molecule has 1 fully saturated rings. The molecule has 1 unspecified atom stereocenters. The van der Waals surface area contributed by atoms with Gasteiger partial charge in [0.15, 0.2) is 0 Å². The lowest BCUT2D eigenvalue weighted by atomic mass is 10.1. The molecule has 0 aromatic heterocycles. The molecule has 1 rings (SSSR count). The van der Waals surface area contributed by atoms with Gasteiger partial charge in [-0.3, -0.25) is 0 Å². The van der Waals surface area contributed by atoms with E-state index in [1.54, 1.807) is 6.92 Å². The zero-order valence-corrected chi connectivity index (χ0v) is 8.15. The summed E-state index contributed by atoms with van der Waals surface area (Å²) in [5.41, 5.74) is 0. The predicted molar refractivity (Wildman–Crippen MR) is 48.1 cm³/mol. The molecule has 0 saturated carbocycles. The van der Waals surface area contributed by atoms with Crippen LogP contribution in [0.15, 0.2) is 0 Å². The molecular weight excluding hydrogens is 259 g/mol. The smallest absolute Gasteiger partial charge is 0.147 e. The number of hydrogen-bond donors (Lipinski definition) is 2. The lowest BCUT2D eigenvalue weighted by Crippen LogP contribution is -2.30. The van der Waals surface area contributed by atoms with Crippen molar-refractivity contribution in [2.75, 3.05) is 0 Å². The van der Waals surface area contributed by atoms with Crippen molar-refractivity contribution >= 4 is 22.6 Å². The number of hydrogen-bond acceptors (Lipinski definition) is 3. The van der Waals surface area contributed by atoms with E-state index in [9.17, 15) is 10.2 Å². The van der Waals surface area contributed by atoms with E-state index < -0.39 is 18.3 Å². The average molecular weight is 268 g/mol. The number of ether oxygens (including phenoxy) is 1. The number of rotatable bonds is 0. The maximum absolute atomic E-state index is 9.28. The van der Waals surface area contributed by atoms with Crippen molar-refractivity contribution in [3.8, 4) is 9.85 Å². The zero-order chi connectivity index (χ0) is 8.43. The highest BCUT2D eigenvalue weighted by Crippen LogP contribution is 2.20. The van der Waals surface area contributed by atoms with E-state index in [-0.39, 0.29) is 6.10 Å². The molecule has 3 nitrogen and oxygen atoms in total. The molecule has 0 radical (unpaired) electrons. The molecule has 1 aliphatic rings. The van der Waals surface area contributed by atoms with Gasteiger partial charge >= 0.3 is 0 Å². The van der Waals surface area contributed by atoms with Gasteiger partial charge in [0.25, 0.3) is 0 Å². The molecule has 0 aromatic carbocycles. The van der Waals surface area contributed by atoms with E-state index in [1.807, 2.05) is 22.6 Å². The van der Waals surface area contributed by atoms with Gasteiger partial charge in [0.1, 0.15) is 18.3 Å². The van der Waals surface area contributed by atoms with Crippen molar-refractivity contribution in [3.05, 3.63) is 0 Å². The van der Waals surface area contributed by atoms with Crippen LogP contribution in [0.1, 0.15) is 6.92 Å². The van der Waals surface area contributed by atoms with Crippen LogP contribution < -0.4 is 0 Å². The van der Waals surface area contributed by atoms with Gasteiger partial charge < -0.3 is 14.9 Å². The summed E-state index contributed by atoms with van der Waals surface area (Å²) in [6, 6.07) is 0. The normalized spacial score (nSPS) is 43.3. The maximum atomic E-state index is 9.28. The third kappa shape index (κ3) is 1.85. The molecule has 1 saturated heterocycles. The van der Waals surface area contributed by atoms with Crippen molar-refractivity contribution in [1.29, 1.82) is 0 Å². The van der Waals surface area contributed by atoms with E-state index in [1.165, 1.54) is 0 Å². The third-order valence-electron chi connectivity index (χ3n) is 1.70. The standard InChI is InChI=1S/C7H9IO3/c1-4-6(9)7(10)5(11-4)2-3-8/h4-7,9-10H,1H3/t4-,5+,6?,7-/m0/s1. The Morgan fingerprint density at radius 2 is 2.00 bits per heavy atom. The van der Waals surface area contributed by atoms with E-state index in [2.05, 4.69) is 9.85 Å². The molecule has 4 atom stereocenters. The molecule has 11 heavy (non-hydrogen) atoms. The minimum Gasteiger partial charge on any atom is -0.388 e. The molecule has 0 spiro atoms. The monoisotopic (exact) mass is 268 g/mol. The number of aliphatic hydroxyl groups is 2. The Bertz CT molecular complexity index is 196. The second-order valence-electron chi connectivity index (χ2n) is 2.48. The van der Waals surface area contributed by atoms with Gasteiger partial charge in [0.2, 0.25) is 0 Å². The minimum atomic E-state index is -0.868. The summed E-state index contributed by atoms with van der Waals surface area (Å²) >= 11 is 1.87. The van der Waals surface area contributed by atoms with Crippen LogP contribution in [-0.2, 0) is 4.74 Å². The van der Waals surface area contributed by atoms with Crippen LogP contribution in [0, 0.1) is 9.85 Å². The van der Waals surface area contributed by atoms with E-state index >= 15 is 0 Å². The minimum absolute atomic E-state index is 0.327. The van der Waals surface area contributed by atoms with Gasteiger partial charge in [-0.2, -0.15) is 0 Å². The first-order valence-corrected chi connectivity index (χ1v) is 4.37. The van der Waals surface area contributed by atoms with Crippen LogP contribution in [0.4, 0.5) is 0 Å². The molecule has 0 aromatic rings. The first-order valence-electron chi connectivity index (χ1n) is 3.29. The highest BCUT2D eigenvalue weighted by Gasteiger charge is 2.39. The molecule has 0 bridgehead atoms. The van der Waals surface area contributed by atoms with Crippen molar-refractivity contribution in [2.24, 2.45) is 0 Å². The van der Waals surface area contributed by atoms with Crippen molar-refractivity contribution in [2.45, 2.75) is 31.3 Å². The molecule has 2 N–H and O–H groups in total. The summed E-state index contributed by atoms with van der Waals surface area (Å²) in [6.45, 7) is 1.71. The summed E-state index contributed by atoms with van der Waals surface area (Å²) in [5.74, 6) is 2.66. The fraction of sp³-hybridized carbons (Fsp3) is 0.714. The quantitative estimate of drug-likeness (QED) is 0.476. The number of halogens is 1. The Kier molecular flexibility index (Phi) is 3.13. The Morgan fingerprint density at radius 3 is 2.36 bits per heavy atom. The fourth-order valence-electron chi connectivity index (χ4n) is 1.02. The van der Waals surface area contributed by atoms with Gasteiger partial charge in [0.05, 0.1) is 6.10 Å². The van der Waals surface area contributed by atoms with Crippen molar-refractivity contribution < 1.29 is 14.9 Å². The molecule has 4 heteroatoms. The lowest BCUT2D eigenvalue weighted by Gasteiger charge is -2.08. The molecule has 1 aliphatic heterocycles.